The van der Waals surface area contributed by atoms with Crippen molar-refractivity contribution in [3.05, 3.63) is 16.1 Å². The Morgan fingerprint density at radius 2 is 2.50 bits per heavy atom. The van der Waals surface area contributed by atoms with Gasteiger partial charge in [0, 0.05) is 17.6 Å². The molecule has 0 aliphatic carbocycles. The molecule has 1 aliphatic heterocycles. The number of hydrogen-bond donors (Lipinski definition) is 1. The molecule has 12 heavy (non-hydrogen) atoms. The first-order valence-corrected chi connectivity index (χ1v) is 4.85. The summed E-state index contributed by atoms with van der Waals surface area (Å²) in [6.07, 6.45) is 0. The van der Waals surface area contributed by atoms with Crippen molar-refractivity contribution in [1.29, 1.82) is 0 Å². The van der Waals surface area contributed by atoms with Crippen LogP contribution in [0, 0.1) is 6.92 Å². The van der Waals surface area contributed by atoms with E-state index in [-0.39, 0.29) is 5.41 Å². The molecule has 4 heteroatoms. The lowest BCUT2D eigenvalue weighted by Gasteiger charge is -2.38. The topological polar surface area (TPSA) is 48.1 Å². The number of aryl methyl sites for hydroxylation is 1. The van der Waals surface area contributed by atoms with Gasteiger partial charge in [0.1, 0.15) is 5.01 Å². The summed E-state index contributed by atoms with van der Waals surface area (Å²) in [5.41, 5.74) is 6.82. The van der Waals surface area contributed by atoms with Crippen molar-refractivity contribution in [1.82, 2.24) is 4.98 Å². The van der Waals surface area contributed by atoms with Crippen LogP contribution in [-0.4, -0.2) is 24.7 Å². The zero-order chi connectivity index (χ0) is 8.60. The molecule has 1 aromatic heterocycles. The van der Waals surface area contributed by atoms with Gasteiger partial charge in [-0.2, -0.15) is 0 Å². The minimum atomic E-state index is 0.0406. The number of thiazole rings is 1. The van der Waals surface area contributed by atoms with Gasteiger partial charge < -0.3 is 10.5 Å². The average Bonchev–Trinajstić information content (AvgIpc) is 2.35. The Labute approximate surface area is 75.6 Å². The fraction of sp³-hybridized carbons (Fsp3) is 0.625. The lowest BCUT2D eigenvalue weighted by Crippen LogP contribution is -2.52. The minimum Gasteiger partial charge on any atom is -0.379 e. The van der Waals surface area contributed by atoms with E-state index in [9.17, 15) is 0 Å². The number of rotatable bonds is 2. The molecule has 2 rings (SSSR count). The zero-order valence-corrected chi connectivity index (χ0v) is 7.86. The number of nitrogens with zero attached hydrogens (tertiary/aromatic N) is 1. The molecule has 0 amide bonds. The zero-order valence-electron chi connectivity index (χ0n) is 7.04. The van der Waals surface area contributed by atoms with Gasteiger partial charge in [-0.25, -0.2) is 4.98 Å². The Bertz CT molecular complexity index is 275. The second kappa shape index (κ2) is 2.80. The molecule has 1 saturated heterocycles. The van der Waals surface area contributed by atoms with Crippen LogP contribution in [0.2, 0.25) is 0 Å². The summed E-state index contributed by atoms with van der Waals surface area (Å²) in [5.74, 6) is 0. The van der Waals surface area contributed by atoms with Crippen molar-refractivity contribution in [2.75, 3.05) is 19.8 Å². The summed E-state index contributed by atoms with van der Waals surface area (Å²) in [6, 6.07) is 0. The molecule has 0 bridgehead atoms. The Kier molecular flexibility index (Phi) is 1.90. The summed E-state index contributed by atoms with van der Waals surface area (Å²) in [4.78, 5) is 4.43. The van der Waals surface area contributed by atoms with Gasteiger partial charge in [-0.1, -0.05) is 0 Å². The van der Waals surface area contributed by atoms with E-state index in [0.29, 0.717) is 6.54 Å². The lowest BCUT2D eigenvalue weighted by molar-refractivity contribution is -0.0551. The number of nitrogens with two attached hydrogens (primary N) is 1. The maximum atomic E-state index is 5.70. The number of aromatic nitrogens is 1. The SMILES string of the molecule is Cc1csc(C2(CN)COC2)n1. The molecule has 2 N–H and O–H groups in total. The van der Waals surface area contributed by atoms with Gasteiger partial charge in [0.25, 0.3) is 0 Å². The lowest BCUT2D eigenvalue weighted by atomic mass is 9.87. The van der Waals surface area contributed by atoms with Crippen LogP contribution >= 0.6 is 11.3 Å². The number of hydrogen-bond acceptors (Lipinski definition) is 4. The van der Waals surface area contributed by atoms with Gasteiger partial charge in [-0.15, -0.1) is 11.3 Å². The van der Waals surface area contributed by atoms with Gasteiger partial charge in [0.15, 0.2) is 0 Å². The first kappa shape index (κ1) is 8.16. The van der Waals surface area contributed by atoms with Crippen molar-refractivity contribution >= 4 is 11.3 Å². The highest BCUT2D eigenvalue weighted by Gasteiger charge is 2.41. The maximum absolute atomic E-state index is 5.70. The van der Waals surface area contributed by atoms with Crippen LogP contribution in [0.1, 0.15) is 10.7 Å². The molecular formula is C8H12N2OS. The van der Waals surface area contributed by atoms with Gasteiger partial charge in [-0.3, -0.25) is 0 Å². The largest absolute Gasteiger partial charge is 0.379 e. The van der Waals surface area contributed by atoms with Crippen molar-refractivity contribution in [3.8, 4) is 0 Å². The monoisotopic (exact) mass is 184 g/mol. The molecule has 0 atom stereocenters. The smallest absolute Gasteiger partial charge is 0.105 e. The highest BCUT2D eigenvalue weighted by Crippen LogP contribution is 2.33. The predicted octanol–water partition coefficient (Wildman–Crippen LogP) is 0.678. The predicted molar refractivity (Wildman–Crippen MR) is 48.4 cm³/mol. The normalized spacial score (nSPS) is 20.5. The second-order valence-electron chi connectivity index (χ2n) is 3.27. The van der Waals surface area contributed by atoms with E-state index in [1.54, 1.807) is 11.3 Å². The van der Waals surface area contributed by atoms with Gasteiger partial charge in [0.2, 0.25) is 0 Å². The fourth-order valence-electron chi connectivity index (χ4n) is 1.27. The second-order valence-corrected chi connectivity index (χ2v) is 4.13. The van der Waals surface area contributed by atoms with Crippen LogP contribution in [0.4, 0.5) is 0 Å². The third-order valence-electron chi connectivity index (χ3n) is 2.22. The van der Waals surface area contributed by atoms with E-state index in [4.69, 9.17) is 10.5 Å². The third kappa shape index (κ3) is 1.07. The third-order valence-corrected chi connectivity index (χ3v) is 3.43. The standard InChI is InChI=1S/C8H12N2OS/c1-6-2-12-7(10-6)8(3-9)4-11-5-8/h2H,3-5,9H2,1H3. The molecule has 2 heterocycles. The van der Waals surface area contributed by atoms with E-state index in [2.05, 4.69) is 10.4 Å². The molecule has 0 radical (unpaired) electrons. The summed E-state index contributed by atoms with van der Waals surface area (Å²) in [6.45, 7) is 4.11. The average molecular weight is 184 g/mol. The summed E-state index contributed by atoms with van der Waals surface area (Å²) < 4.78 is 5.18. The molecule has 66 valence electrons. The molecule has 0 aromatic carbocycles. The van der Waals surface area contributed by atoms with Crippen LogP contribution in [0.15, 0.2) is 5.38 Å². The van der Waals surface area contributed by atoms with E-state index in [1.807, 2.05) is 6.92 Å². The summed E-state index contributed by atoms with van der Waals surface area (Å²) in [5, 5.41) is 3.19. The molecule has 1 aliphatic rings. The first-order valence-electron chi connectivity index (χ1n) is 3.97. The maximum Gasteiger partial charge on any atom is 0.105 e. The van der Waals surface area contributed by atoms with E-state index in [1.165, 1.54) is 0 Å². The molecule has 1 aromatic rings. The van der Waals surface area contributed by atoms with E-state index >= 15 is 0 Å². The van der Waals surface area contributed by atoms with Crippen molar-refractivity contribution in [2.24, 2.45) is 5.73 Å². The Morgan fingerprint density at radius 1 is 1.75 bits per heavy atom. The van der Waals surface area contributed by atoms with Gasteiger partial charge in [0.05, 0.1) is 18.6 Å². The van der Waals surface area contributed by atoms with Crippen LogP contribution in [0.5, 0.6) is 0 Å². The van der Waals surface area contributed by atoms with Crippen molar-refractivity contribution in [2.45, 2.75) is 12.3 Å². The minimum absolute atomic E-state index is 0.0406. The Morgan fingerprint density at radius 3 is 2.83 bits per heavy atom. The molecule has 3 nitrogen and oxygen atoms in total. The van der Waals surface area contributed by atoms with E-state index in [0.717, 1.165) is 23.9 Å². The van der Waals surface area contributed by atoms with E-state index < -0.39 is 0 Å². The first-order chi connectivity index (χ1) is 5.77. The molecular weight excluding hydrogens is 172 g/mol. The van der Waals surface area contributed by atoms with Gasteiger partial charge in [-0.05, 0) is 6.92 Å². The molecule has 0 unspecified atom stereocenters. The summed E-state index contributed by atoms with van der Waals surface area (Å²) in [7, 11) is 0. The van der Waals surface area contributed by atoms with Crippen LogP contribution < -0.4 is 5.73 Å². The highest BCUT2D eigenvalue weighted by molar-refractivity contribution is 7.09. The van der Waals surface area contributed by atoms with Crippen molar-refractivity contribution < 1.29 is 4.74 Å². The highest BCUT2D eigenvalue weighted by atomic mass is 32.1. The van der Waals surface area contributed by atoms with Crippen LogP contribution in [0.25, 0.3) is 0 Å². The molecule has 0 spiro atoms. The fourth-order valence-corrected chi connectivity index (χ4v) is 2.26. The Hall–Kier alpha value is -0.450. The molecule has 1 fully saturated rings. The molecule has 0 saturated carbocycles. The number of ether oxygens (including phenoxy) is 1. The summed E-state index contributed by atoms with van der Waals surface area (Å²) >= 11 is 1.69. The van der Waals surface area contributed by atoms with Crippen LogP contribution in [0.3, 0.4) is 0 Å². The van der Waals surface area contributed by atoms with Crippen molar-refractivity contribution in [3.63, 3.8) is 0 Å². The van der Waals surface area contributed by atoms with Crippen LogP contribution in [-0.2, 0) is 10.2 Å². The van der Waals surface area contributed by atoms with Gasteiger partial charge >= 0.3 is 0 Å². The Balaban J connectivity index is 2.27. The quantitative estimate of drug-likeness (QED) is 0.735.